The Balaban J connectivity index is 2.19. The number of benzene rings is 1. The largest absolute Gasteiger partial charge is 0.379 e. The Hall–Kier alpha value is -1.33. The highest BCUT2D eigenvalue weighted by molar-refractivity contribution is 6.33. The first-order valence-corrected chi connectivity index (χ1v) is 6.22. The van der Waals surface area contributed by atoms with Gasteiger partial charge in [-0.1, -0.05) is 11.6 Å². The van der Waals surface area contributed by atoms with Crippen molar-refractivity contribution in [1.29, 1.82) is 0 Å². The first-order valence-electron chi connectivity index (χ1n) is 5.84. The Kier molecular flexibility index (Phi) is 4.04. The molecule has 1 saturated heterocycles. The average Bonchev–Trinajstić information content (AvgIpc) is 2.34. The molecule has 0 radical (unpaired) electrons. The predicted molar refractivity (Wildman–Crippen MR) is 69.4 cm³/mol. The molecule has 0 saturated carbocycles. The van der Waals surface area contributed by atoms with E-state index in [1.165, 1.54) is 6.07 Å². The predicted octanol–water partition coefficient (Wildman–Crippen LogP) is 1.74. The summed E-state index contributed by atoms with van der Waals surface area (Å²) in [4.78, 5) is 11.0. The minimum absolute atomic E-state index is 0.0772. The van der Waals surface area contributed by atoms with Gasteiger partial charge in [-0.2, -0.15) is 0 Å². The van der Waals surface area contributed by atoms with E-state index >= 15 is 0 Å². The third-order valence-corrected chi connectivity index (χ3v) is 3.31. The van der Waals surface area contributed by atoms with Crippen LogP contribution in [0.2, 0.25) is 5.02 Å². The summed E-state index contributed by atoms with van der Waals surface area (Å²) in [6.45, 7) is 1.80. The Labute approximate surface area is 110 Å². The number of anilines is 1. The second-order valence-corrected chi connectivity index (χ2v) is 4.75. The lowest BCUT2D eigenvalue weighted by atomic mass is 10.1. The zero-order valence-electron chi connectivity index (χ0n) is 9.80. The van der Waals surface area contributed by atoms with E-state index in [1.54, 1.807) is 0 Å². The number of amides is 1. The third-order valence-electron chi connectivity index (χ3n) is 3.01. The lowest BCUT2D eigenvalue weighted by Gasteiger charge is -2.25. The van der Waals surface area contributed by atoms with Gasteiger partial charge < -0.3 is 16.4 Å². The number of halogens is 2. The van der Waals surface area contributed by atoms with Gasteiger partial charge in [-0.3, -0.25) is 4.79 Å². The molecule has 1 aromatic rings. The minimum atomic E-state index is -0.691. The zero-order valence-corrected chi connectivity index (χ0v) is 10.6. The molecule has 18 heavy (non-hydrogen) atoms. The molecule has 1 aliphatic heterocycles. The molecule has 1 aliphatic rings. The van der Waals surface area contributed by atoms with Crippen LogP contribution >= 0.6 is 11.6 Å². The van der Waals surface area contributed by atoms with Crippen molar-refractivity contribution in [2.45, 2.75) is 18.9 Å². The topological polar surface area (TPSA) is 67.2 Å². The smallest absolute Gasteiger partial charge is 0.248 e. The van der Waals surface area contributed by atoms with Crippen molar-refractivity contribution < 1.29 is 9.18 Å². The van der Waals surface area contributed by atoms with Crippen molar-refractivity contribution >= 4 is 23.2 Å². The standard InChI is InChI=1S/C12H15ClFN3O/c13-9-5-7(12(15)18)6-10(14)11(9)17-8-1-3-16-4-2-8/h5-6,8,16-17H,1-4H2,(H2,15,18). The summed E-state index contributed by atoms with van der Waals surface area (Å²) >= 11 is 5.97. The van der Waals surface area contributed by atoms with E-state index in [1.807, 2.05) is 0 Å². The molecule has 1 aromatic carbocycles. The Bertz CT molecular complexity index is 438. The molecular weight excluding hydrogens is 257 g/mol. The van der Waals surface area contributed by atoms with E-state index < -0.39 is 11.7 Å². The number of carbonyl (C=O) groups excluding carboxylic acids is 1. The highest BCUT2D eigenvalue weighted by Gasteiger charge is 2.18. The van der Waals surface area contributed by atoms with Crippen LogP contribution in [-0.2, 0) is 0 Å². The van der Waals surface area contributed by atoms with Crippen LogP contribution in [0.3, 0.4) is 0 Å². The van der Waals surface area contributed by atoms with Crippen LogP contribution in [0, 0.1) is 5.82 Å². The fraction of sp³-hybridized carbons (Fsp3) is 0.417. The van der Waals surface area contributed by atoms with Crippen LogP contribution in [0.5, 0.6) is 0 Å². The van der Waals surface area contributed by atoms with Crippen molar-refractivity contribution in [2.75, 3.05) is 18.4 Å². The summed E-state index contributed by atoms with van der Waals surface area (Å²) in [6.07, 6.45) is 1.82. The molecule has 0 bridgehead atoms. The Morgan fingerprint density at radius 1 is 1.44 bits per heavy atom. The lowest BCUT2D eigenvalue weighted by molar-refractivity contribution is 0.1000. The zero-order chi connectivity index (χ0) is 13.1. The lowest BCUT2D eigenvalue weighted by Crippen LogP contribution is -2.35. The second kappa shape index (κ2) is 5.54. The SMILES string of the molecule is NC(=O)c1cc(F)c(NC2CCNCC2)c(Cl)c1. The highest BCUT2D eigenvalue weighted by Crippen LogP contribution is 2.28. The van der Waals surface area contributed by atoms with Gasteiger partial charge in [-0.25, -0.2) is 4.39 Å². The van der Waals surface area contributed by atoms with Crippen molar-refractivity contribution in [3.05, 3.63) is 28.5 Å². The number of nitrogens with one attached hydrogen (secondary N) is 2. The number of nitrogens with two attached hydrogens (primary N) is 1. The van der Waals surface area contributed by atoms with Gasteiger partial charge in [0.05, 0.1) is 10.7 Å². The van der Waals surface area contributed by atoms with E-state index in [9.17, 15) is 9.18 Å². The van der Waals surface area contributed by atoms with Crippen LogP contribution in [0.15, 0.2) is 12.1 Å². The Morgan fingerprint density at radius 3 is 2.67 bits per heavy atom. The van der Waals surface area contributed by atoms with Crippen molar-refractivity contribution in [2.24, 2.45) is 5.73 Å². The van der Waals surface area contributed by atoms with Gasteiger partial charge >= 0.3 is 0 Å². The summed E-state index contributed by atoms with van der Waals surface area (Å²) in [5.41, 5.74) is 5.41. The van der Waals surface area contributed by atoms with Gasteiger partial charge in [0.25, 0.3) is 0 Å². The number of piperidine rings is 1. The molecular formula is C12H15ClFN3O. The van der Waals surface area contributed by atoms with E-state index in [0.29, 0.717) is 0 Å². The average molecular weight is 272 g/mol. The number of primary amides is 1. The molecule has 0 aliphatic carbocycles. The fourth-order valence-electron chi connectivity index (χ4n) is 2.02. The third kappa shape index (κ3) is 2.91. The van der Waals surface area contributed by atoms with Gasteiger partial charge in [-0.15, -0.1) is 0 Å². The van der Waals surface area contributed by atoms with Gasteiger partial charge in [0.1, 0.15) is 5.82 Å². The van der Waals surface area contributed by atoms with Crippen LogP contribution in [0.1, 0.15) is 23.2 Å². The molecule has 6 heteroatoms. The normalized spacial score (nSPS) is 16.6. The van der Waals surface area contributed by atoms with Crippen molar-refractivity contribution in [1.82, 2.24) is 5.32 Å². The van der Waals surface area contributed by atoms with E-state index in [0.717, 1.165) is 32.0 Å². The molecule has 98 valence electrons. The molecule has 0 atom stereocenters. The molecule has 1 fully saturated rings. The molecule has 0 spiro atoms. The van der Waals surface area contributed by atoms with E-state index in [4.69, 9.17) is 17.3 Å². The fourth-order valence-corrected chi connectivity index (χ4v) is 2.29. The molecule has 1 amide bonds. The number of hydrogen-bond acceptors (Lipinski definition) is 3. The van der Waals surface area contributed by atoms with Gasteiger partial charge in [0.15, 0.2) is 0 Å². The first-order chi connectivity index (χ1) is 8.58. The van der Waals surface area contributed by atoms with Crippen LogP contribution < -0.4 is 16.4 Å². The molecule has 4 N–H and O–H groups in total. The van der Waals surface area contributed by atoms with Crippen molar-refractivity contribution in [3.8, 4) is 0 Å². The number of rotatable bonds is 3. The van der Waals surface area contributed by atoms with Gasteiger partial charge in [0.2, 0.25) is 5.91 Å². The summed E-state index contributed by atoms with van der Waals surface area (Å²) in [5.74, 6) is -1.24. The van der Waals surface area contributed by atoms with Crippen LogP contribution in [0.25, 0.3) is 0 Å². The molecule has 0 aromatic heterocycles. The number of hydrogen-bond donors (Lipinski definition) is 3. The summed E-state index contributed by atoms with van der Waals surface area (Å²) in [5, 5.41) is 6.49. The molecule has 1 heterocycles. The van der Waals surface area contributed by atoms with Gasteiger partial charge in [-0.05, 0) is 38.1 Å². The van der Waals surface area contributed by atoms with Gasteiger partial charge in [0, 0.05) is 11.6 Å². The maximum Gasteiger partial charge on any atom is 0.248 e. The maximum atomic E-state index is 13.9. The molecule has 2 rings (SSSR count). The molecule has 4 nitrogen and oxygen atoms in total. The molecule has 0 unspecified atom stereocenters. The summed E-state index contributed by atoms with van der Waals surface area (Å²) in [7, 11) is 0. The summed E-state index contributed by atoms with van der Waals surface area (Å²) < 4.78 is 13.9. The first kappa shape index (κ1) is 13.1. The van der Waals surface area contributed by atoms with E-state index in [-0.39, 0.29) is 22.3 Å². The van der Waals surface area contributed by atoms with Crippen LogP contribution in [0.4, 0.5) is 10.1 Å². The number of carbonyl (C=O) groups is 1. The minimum Gasteiger partial charge on any atom is -0.379 e. The quantitative estimate of drug-likeness (QED) is 0.784. The maximum absolute atomic E-state index is 13.9. The summed E-state index contributed by atoms with van der Waals surface area (Å²) in [6, 6.07) is 2.69. The highest BCUT2D eigenvalue weighted by atomic mass is 35.5. The van der Waals surface area contributed by atoms with E-state index in [2.05, 4.69) is 10.6 Å². The second-order valence-electron chi connectivity index (χ2n) is 4.35. The Morgan fingerprint density at radius 2 is 2.11 bits per heavy atom. The van der Waals surface area contributed by atoms with Crippen molar-refractivity contribution in [3.63, 3.8) is 0 Å². The van der Waals surface area contributed by atoms with Crippen LogP contribution in [-0.4, -0.2) is 25.0 Å². The monoisotopic (exact) mass is 271 g/mol.